The van der Waals surface area contributed by atoms with Gasteiger partial charge in [-0.05, 0) is 13.8 Å². The molecule has 0 spiro atoms. The van der Waals surface area contributed by atoms with E-state index in [4.69, 9.17) is 4.42 Å². The van der Waals surface area contributed by atoms with Crippen LogP contribution in [-0.4, -0.2) is 15.2 Å². The van der Waals surface area contributed by atoms with Gasteiger partial charge in [-0.25, -0.2) is 4.98 Å². The Balaban J connectivity index is 2.44. The van der Waals surface area contributed by atoms with Crippen LogP contribution in [0.4, 0.5) is 0 Å². The Morgan fingerprint density at radius 1 is 1.46 bits per heavy atom. The zero-order valence-corrected chi connectivity index (χ0v) is 7.46. The van der Waals surface area contributed by atoms with Crippen molar-refractivity contribution < 1.29 is 4.42 Å². The van der Waals surface area contributed by atoms with Gasteiger partial charge in [0.25, 0.3) is 0 Å². The third kappa shape index (κ3) is 0.624. The first-order valence-electron chi connectivity index (χ1n) is 4.19. The molecule has 0 radical (unpaired) electrons. The van der Waals surface area contributed by atoms with E-state index in [1.54, 1.807) is 0 Å². The molecule has 3 rings (SSSR count). The van der Waals surface area contributed by atoms with Crippen molar-refractivity contribution in [1.82, 2.24) is 15.2 Å². The maximum Gasteiger partial charge on any atom is 0.181 e. The zero-order valence-electron chi connectivity index (χ0n) is 7.46. The Bertz CT molecular complexity index is 424. The molecule has 13 heavy (non-hydrogen) atoms. The number of hydrogen-bond donors (Lipinski definition) is 1. The first kappa shape index (κ1) is 6.88. The van der Waals surface area contributed by atoms with Gasteiger partial charge in [0, 0.05) is 5.56 Å². The van der Waals surface area contributed by atoms with Crippen LogP contribution in [0.2, 0.25) is 0 Å². The first-order chi connectivity index (χ1) is 6.21. The molecule has 2 heterocycles. The van der Waals surface area contributed by atoms with Gasteiger partial charge >= 0.3 is 0 Å². The van der Waals surface area contributed by atoms with Crippen molar-refractivity contribution in [2.75, 3.05) is 0 Å². The quantitative estimate of drug-likeness (QED) is 0.663. The van der Waals surface area contributed by atoms with Gasteiger partial charge in [0.1, 0.15) is 11.5 Å². The van der Waals surface area contributed by atoms with Crippen LogP contribution < -0.4 is 0 Å². The number of aromatic amines is 1. The SMILES string of the molecule is CC1(C)c2cn[nH]c2-c2ncoc21. The van der Waals surface area contributed by atoms with Crippen LogP contribution in [0.1, 0.15) is 25.2 Å². The molecule has 0 aromatic carbocycles. The Morgan fingerprint density at radius 2 is 2.31 bits per heavy atom. The highest BCUT2D eigenvalue weighted by molar-refractivity contribution is 5.71. The predicted octanol–water partition coefficient (Wildman–Crippen LogP) is 1.70. The Labute approximate surface area is 75.0 Å². The van der Waals surface area contributed by atoms with Crippen molar-refractivity contribution >= 4 is 0 Å². The second kappa shape index (κ2) is 1.84. The number of oxazole rings is 1. The molecule has 4 nitrogen and oxygen atoms in total. The van der Waals surface area contributed by atoms with E-state index in [9.17, 15) is 0 Å². The van der Waals surface area contributed by atoms with Crippen molar-refractivity contribution in [1.29, 1.82) is 0 Å². The van der Waals surface area contributed by atoms with E-state index in [-0.39, 0.29) is 5.41 Å². The number of hydrogen-bond acceptors (Lipinski definition) is 3. The second-order valence-corrected chi connectivity index (χ2v) is 3.81. The molecule has 1 aliphatic carbocycles. The molecule has 0 fully saturated rings. The molecule has 0 atom stereocenters. The molecule has 0 aliphatic heterocycles. The summed E-state index contributed by atoms with van der Waals surface area (Å²) >= 11 is 0. The maximum atomic E-state index is 5.37. The number of rotatable bonds is 0. The highest BCUT2D eigenvalue weighted by Crippen LogP contribution is 2.46. The van der Waals surface area contributed by atoms with Crippen molar-refractivity contribution in [3.05, 3.63) is 23.9 Å². The van der Waals surface area contributed by atoms with Crippen LogP contribution in [0.5, 0.6) is 0 Å². The summed E-state index contributed by atoms with van der Waals surface area (Å²) in [6.07, 6.45) is 3.32. The summed E-state index contributed by atoms with van der Waals surface area (Å²) in [6, 6.07) is 0. The van der Waals surface area contributed by atoms with Crippen LogP contribution in [-0.2, 0) is 5.41 Å². The summed E-state index contributed by atoms with van der Waals surface area (Å²) in [5.74, 6) is 0.927. The lowest BCUT2D eigenvalue weighted by molar-refractivity contribution is 0.435. The Morgan fingerprint density at radius 3 is 3.15 bits per heavy atom. The van der Waals surface area contributed by atoms with E-state index in [1.807, 2.05) is 6.20 Å². The van der Waals surface area contributed by atoms with Crippen molar-refractivity contribution in [3.63, 3.8) is 0 Å². The van der Waals surface area contributed by atoms with Gasteiger partial charge in [-0.2, -0.15) is 5.10 Å². The molecule has 0 saturated carbocycles. The summed E-state index contributed by atoms with van der Waals surface area (Å²) in [6.45, 7) is 4.22. The molecule has 4 heteroatoms. The molecule has 2 aromatic heterocycles. The minimum Gasteiger partial charge on any atom is -0.447 e. The van der Waals surface area contributed by atoms with Crippen LogP contribution in [0.3, 0.4) is 0 Å². The van der Waals surface area contributed by atoms with E-state index in [0.717, 1.165) is 22.7 Å². The van der Waals surface area contributed by atoms with E-state index in [2.05, 4.69) is 29.0 Å². The minimum absolute atomic E-state index is 0.103. The first-order valence-corrected chi connectivity index (χ1v) is 4.19. The van der Waals surface area contributed by atoms with Crippen LogP contribution >= 0.6 is 0 Å². The summed E-state index contributed by atoms with van der Waals surface area (Å²) in [4.78, 5) is 4.17. The molecular formula is C9H9N3O. The monoisotopic (exact) mass is 175 g/mol. The Hall–Kier alpha value is -1.58. The fraction of sp³-hybridized carbons (Fsp3) is 0.333. The molecule has 0 bridgehead atoms. The van der Waals surface area contributed by atoms with Crippen molar-refractivity contribution in [2.24, 2.45) is 0 Å². The molecule has 1 aliphatic rings. The van der Waals surface area contributed by atoms with Gasteiger partial charge < -0.3 is 4.42 Å². The molecule has 0 amide bonds. The van der Waals surface area contributed by atoms with Gasteiger partial charge in [0.15, 0.2) is 6.39 Å². The maximum absolute atomic E-state index is 5.37. The lowest BCUT2D eigenvalue weighted by atomic mass is 9.88. The molecule has 2 aromatic rings. The summed E-state index contributed by atoms with van der Waals surface area (Å²) in [7, 11) is 0. The Kier molecular flexibility index (Phi) is 0.974. The number of nitrogens with one attached hydrogen (secondary N) is 1. The van der Waals surface area contributed by atoms with Gasteiger partial charge in [-0.1, -0.05) is 0 Å². The van der Waals surface area contributed by atoms with Crippen LogP contribution in [0, 0.1) is 0 Å². The molecular weight excluding hydrogens is 166 g/mol. The molecule has 0 saturated heterocycles. The summed E-state index contributed by atoms with van der Waals surface area (Å²) in [5.41, 5.74) is 2.95. The van der Waals surface area contributed by atoms with Gasteiger partial charge in [0.05, 0.1) is 17.3 Å². The van der Waals surface area contributed by atoms with Crippen LogP contribution in [0.25, 0.3) is 11.4 Å². The highest BCUT2D eigenvalue weighted by Gasteiger charge is 2.41. The predicted molar refractivity (Wildman–Crippen MR) is 46.2 cm³/mol. The van der Waals surface area contributed by atoms with Gasteiger partial charge in [-0.3, -0.25) is 5.10 Å². The van der Waals surface area contributed by atoms with Crippen LogP contribution in [0.15, 0.2) is 17.0 Å². The fourth-order valence-electron chi connectivity index (χ4n) is 1.93. The standard InChI is InChI=1S/C9H9N3O/c1-9(2)5-3-11-12-6(5)7-8(9)13-4-10-7/h3-4H,1-2H3,(H,11,12). The minimum atomic E-state index is -0.103. The van der Waals surface area contributed by atoms with E-state index >= 15 is 0 Å². The van der Waals surface area contributed by atoms with E-state index in [0.29, 0.717) is 0 Å². The van der Waals surface area contributed by atoms with Crippen molar-refractivity contribution in [2.45, 2.75) is 19.3 Å². The smallest absolute Gasteiger partial charge is 0.181 e. The van der Waals surface area contributed by atoms with E-state index < -0.39 is 0 Å². The molecule has 1 N–H and O–H groups in total. The third-order valence-electron chi connectivity index (χ3n) is 2.68. The summed E-state index contributed by atoms with van der Waals surface area (Å²) < 4.78 is 5.37. The number of H-pyrrole nitrogens is 1. The largest absolute Gasteiger partial charge is 0.447 e. The zero-order chi connectivity index (χ0) is 9.05. The summed E-state index contributed by atoms with van der Waals surface area (Å²) in [5, 5.41) is 6.95. The average Bonchev–Trinajstić information content (AvgIpc) is 2.74. The number of fused-ring (bicyclic) bond motifs is 3. The normalized spacial score (nSPS) is 17.1. The van der Waals surface area contributed by atoms with Gasteiger partial charge in [0.2, 0.25) is 0 Å². The number of nitrogens with zero attached hydrogens (tertiary/aromatic N) is 2. The lowest BCUT2D eigenvalue weighted by Gasteiger charge is -2.15. The van der Waals surface area contributed by atoms with E-state index in [1.165, 1.54) is 6.39 Å². The molecule has 0 unspecified atom stereocenters. The third-order valence-corrected chi connectivity index (χ3v) is 2.68. The second-order valence-electron chi connectivity index (χ2n) is 3.81. The van der Waals surface area contributed by atoms with Crippen molar-refractivity contribution in [3.8, 4) is 11.4 Å². The average molecular weight is 175 g/mol. The highest BCUT2D eigenvalue weighted by atomic mass is 16.3. The molecule has 66 valence electrons. The fourth-order valence-corrected chi connectivity index (χ4v) is 1.93. The van der Waals surface area contributed by atoms with Gasteiger partial charge in [-0.15, -0.1) is 0 Å². The lowest BCUT2D eigenvalue weighted by Crippen LogP contribution is -2.13. The number of aromatic nitrogens is 3. The topological polar surface area (TPSA) is 54.7 Å².